The molecule has 3 rings (SSSR count). The predicted octanol–water partition coefficient (Wildman–Crippen LogP) is 3.92. The summed E-state index contributed by atoms with van der Waals surface area (Å²) in [5.74, 6) is -0.328. The van der Waals surface area contributed by atoms with Gasteiger partial charge in [0.2, 0.25) is 0 Å². The molecule has 0 bridgehead atoms. The van der Waals surface area contributed by atoms with Crippen molar-refractivity contribution in [2.45, 2.75) is 26.9 Å². The number of methoxy groups -OCH3 is 1. The molecule has 1 heterocycles. The summed E-state index contributed by atoms with van der Waals surface area (Å²) < 4.78 is 25.7. The first kappa shape index (κ1) is 18.6. The molecule has 0 unspecified atom stereocenters. The normalized spacial score (nSPS) is 10.7. The molecule has 0 fully saturated rings. The minimum Gasteiger partial charge on any atom is -0.496 e. The smallest absolute Gasteiger partial charge is 0.310 e. The molecule has 0 saturated carbocycles. The summed E-state index contributed by atoms with van der Waals surface area (Å²) >= 11 is 0. The van der Waals surface area contributed by atoms with E-state index < -0.39 is 11.8 Å². The molecule has 6 heteroatoms. The van der Waals surface area contributed by atoms with Crippen LogP contribution in [0.15, 0.2) is 48.5 Å². The number of carbonyl (C=O) groups is 1. The number of hydrogen-bond donors (Lipinski definition) is 0. The standard InChI is InChI=1S/C21H21FN2O3/c1-14-19(15(2)24(23-14)18-7-5-4-6-8-18)12-21(25)27-13-16-11-17(22)9-10-20(16)26-3/h4-11H,12-13H2,1-3H3. The molecule has 0 atom stereocenters. The van der Waals surface area contributed by atoms with Crippen LogP contribution in [0.1, 0.15) is 22.5 Å². The lowest BCUT2D eigenvalue weighted by Crippen LogP contribution is -2.10. The van der Waals surface area contributed by atoms with Crippen LogP contribution in [0.3, 0.4) is 0 Å². The second kappa shape index (κ2) is 8.03. The number of nitrogens with zero attached hydrogens (tertiary/aromatic N) is 2. The summed E-state index contributed by atoms with van der Waals surface area (Å²) in [5.41, 5.74) is 3.91. The van der Waals surface area contributed by atoms with E-state index in [1.54, 1.807) is 0 Å². The Morgan fingerprint density at radius 2 is 1.89 bits per heavy atom. The summed E-state index contributed by atoms with van der Waals surface area (Å²) in [4.78, 5) is 12.3. The topological polar surface area (TPSA) is 53.4 Å². The van der Waals surface area contributed by atoms with Gasteiger partial charge in [0.1, 0.15) is 18.2 Å². The monoisotopic (exact) mass is 368 g/mol. The molecule has 27 heavy (non-hydrogen) atoms. The lowest BCUT2D eigenvalue weighted by Gasteiger charge is -2.10. The van der Waals surface area contributed by atoms with Crippen molar-refractivity contribution < 1.29 is 18.7 Å². The van der Waals surface area contributed by atoms with Gasteiger partial charge >= 0.3 is 5.97 Å². The summed E-state index contributed by atoms with van der Waals surface area (Å²) in [6, 6.07) is 13.8. The highest BCUT2D eigenvalue weighted by Gasteiger charge is 2.17. The number of aromatic nitrogens is 2. The molecule has 0 N–H and O–H groups in total. The molecule has 2 aromatic carbocycles. The number of esters is 1. The van der Waals surface area contributed by atoms with Crippen LogP contribution in [-0.4, -0.2) is 22.9 Å². The Balaban J connectivity index is 1.72. The van der Waals surface area contributed by atoms with Gasteiger partial charge in [0, 0.05) is 16.8 Å². The van der Waals surface area contributed by atoms with Crippen LogP contribution >= 0.6 is 0 Å². The molecule has 0 aliphatic carbocycles. The van der Waals surface area contributed by atoms with Gasteiger partial charge in [0.05, 0.1) is 24.9 Å². The van der Waals surface area contributed by atoms with Gasteiger partial charge in [-0.25, -0.2) is 9.07 Å². The highest BCUT2D eigenvalue weighted by molar-refractivity contribution is 5.73. The van der Waals surface area contributed by atoms with Crippen LogP contribution in [0.4, 0.5) is 4.39 Å². The molecule has 0 aliphatic rings. The van der Waals surface area contributed by atoms with Gasteiger partial charge in [-0.15, -0.1) is 0 Å². The number of ether oxygens (including phenoxy) is 2. The molecular weight excluding hydrogens is 347 g/mol. The van der Waals surface area contributed by atoms with Crippen molar-refractivity contribution in [3.05, 3.63) is 76.9 Å². The van der Waals surface area contributed by atoms with Crippen LogP contribution in [0.2, 0.25) is 0 Å². The fourth-order valence-corrected chi connectivity index (χ4v) is 2.96. The van der Waals surface area contributed by atoms with E-state index >= 15 is 0 Å². The summed E-state index contributed by atoms with van der Waals surface area (Å²) in [5, 5.41) is 4.53. The lowest BCUT2D eigenvalue weighted by molar-refractivity contribution is -0.144. The average molecular weight is 368 g/mol. The van der Waals surface area contributed by atoms with E-state index in [1.807, 2.05) is 48.9 Å². The Kier molecular flexibility index (Phi) is 5.54. The molecule has 0 saturated heterocycles. The largest absolute Gasteiger partial charge is 0.496 e. The van der Waals surface area contributed by atoms with Crippen molar-refractivity contribution >= 4 is 5.97 Å². The van der Waals surface area contributed by atoms with E-state index in [0.29, 0.717) is 11.3 Å². The molecule has 0 spiro atoms. The molecule has 140 valence electrons. The zero-order valence-corrected chi connectivity index (χ0v) is 15.5. The maximum Gasteiger partial charge on any atom is 0.310 e. The number of para-hydroxylation sites is 1. The second-order valence-corrected chi connectivity index (χ2v) is 6.19. The third kappa shape index (κ3) is 4.16. The van der Waals surface area contributed by atoms with Crippen molar-refractivity contribution in [1.82, 2.24) is 9.78 Å². The Bertz CT molecular complexity index is 952. The van der Waals surface area contributed by atoms with E-state index in [1.165, 1.54) is 25.3 Å². The van der Waals surface area contributed by atoms with Crippen LogP contribution in [0.5, 0.6) is 5.75 Å². The summed E-state index contributed by atoms with van der Waals surface area (Å²) in [6.07, 6.45) is 0.0993. The van der Waals surface area contributed by atoms with Gasteiger partial charge in [-0.1, -0.05) is 18.2 Å². The molecule has 0 amide bonds. The Labute approximate surface area is 157 Å². The molecule has 5 nitrogen and oxygen atoms in total. The Hall–Kier alpha value is -3.15. The van der Waals surface area contributed by atoms with Gasteiger partial charge in [-0.05, 0) is 44.2 Å². The van der Waals surface area contributed by atoms with Crippen LogP contribution in [0, 0.1) is 19.7 Å². The fourth-order valence-electron chi connectivity index (χ4n) is 2.96. The SMILES string of the molecule is COc1ccc(F)cc1COC(=O)Cc1c(C)nn(-c2ccccc2)c1C. The number of benzene rings is 2. The van der Waals surface area contributed by atoms with Crippen molar-refractivity contribution in [3.8, 4) is 11.4 Å². The number of carbonyl (C=O) groups excluding carboxylic acids is 1. The summed E-state index contributed by atoms with van der Waals surface area (Å²) in [6.45, 7) is 3.74. The molecular formula is C21H21FN2O3. The van der Waals surface area contributed by atoms with Gasteiger partial charge in [0.15, 0.2) is 0 Å². The Morgan fingerprint density at radius 1 is 1.15 bits per heavy atom. The molecule has 1 aromatic heterocycles. The van der Waals surface area contributed by atoms with E-state index in [9.17, 15) is 9.18 Å². The van der Waals surface area contributed by atoms with Crippen molar-refractivity contribution in [2.75, 3.05) is 7.11 Å². The van der Waals surface area contributed by atoms with Crippen molar-refractivity contribution in [1.29, 1.82) is 0 Å². The highest BCUT2D eigenvalue weighted by atomic mass is 19.1. The van der Waals surface area contributed by atoms with Crippen LogP contribution in [-0.2, 0) is 22.6 Å². The molecule has 3 aromatic rings. The van der Waals surface area contributed by atoms with Gasteiger partial charge in [-0.3, -0.25) is 4.79 Å². The van der Waals surface area contributed by atoms with Crippen molar-refractivity contribution in [2.24, 2.45) is 0 Å². The quantitative estimate of drug-likeness (QED) is 0.619. The highest BCUT2D eigenvalue weighted by Crippen LogP contribution is 2.22. The average Bonchev–Trinajstić information content (AvgIpc) is 2.95. The molecule has 0 radical (unpaired) electrons. The van der Waals surface area contributed by atoms with E-state index in [4.69, 9.17) is 9.47 Å². The fraction of sp³-hybridized carbons (Fsp3) is 0.238. The number of aryl methyl sites for hydroxylation is 1. The second-order valence-electron chi connectivity index (χ2n) is 6.19. The first-order valence-electron chi connectivity index (χ1n) is 8.58. The van der Waals surface area contributed by atoms with E-state index in [2.05, 4.69) is 5.10 Å². The van der Waals surface area contributed by atoms with E-state index in [-0.39, 0.29) is 13.0 Å². The number of hydrogen-bond acceptors (Lipinski definition) is 4. The van der Waals surface area contributed by atoms with Crippen LogP contribution < -0.4 is 4.74 Å². The van der Waals surface area contributed by atoms with E-state index in [0.717, 1.165) is 22.6 Å². The van der Waals surface area contributed by atoms with Gasteiger partial charge < -0.3 is 9.47 Å². The lowest BCUT2D eigenvalue weighted by atomic mass is 10.1. The zero-order valence-electron chi connectivity index (χ0n) is 15.5. The zero-order chi connectivity index (χ0) is 19.4. The van der Waals surface area contributed by atoms with Gasteiger partial charge in [-0.2, -0.15) is 5.10 Å². The Morgan fingerprint density at radius 3 is 2.59 bits per heavy atom. The first-order chi connectivity index (χ1) is 13.0. The predicted molar refractivity (Wildman–Crippen MR) is 99.5 cm³/mol. The molecule has 0 aliphatic heterocycles. The maximum atomic E-state index is 13.4. The summed E-state index contributed by atoms with van der Waals surface area (Å²) in [7, 11) is 1.49. The van der Waals surface area contributed by atoms with Crippen molar-refractivity contribution in [3.63, 3.8) is 0 Å². The van der Waals surface area contributed by atoms with Crippen LogP contribution in [0.25, 0.3) is 5.69 Å². The number of halogens is 1. The third-order valence-corrected chi connectivity index (χ3v) is 4.39. The minimum atomic E-state index is -0.405. The maximum absolute atomic E-state index is 13.4. The third-order valence-electron chi connectivity index (χ3n) is 4.39. The number of rotatable bonds is 6. The van der Waals surface area contributed by atoms with Gasteiger partial charge in [0.25, 0.3) is 0 Å². The first-order valence-corrected chi connectivity index (χ1v) is 8.58. The minimum absolute atomic E-state index is 0.0509.